The lowest BCUT2D eigenvalue weighted by atomic mass is 9.60. The molecule has 1 amide bonds. The summed E-state index contributed by atoms with van der Waals surface area (Å²) in [5, 5.41) is 9.36. The summed E-state index contributed by atoms with van der Waals surface area (Å²) in [4.78, 5) is 21.1. The van der Waals surface area contributed by atoms with E-state index < -0.39 is 11.1 Å². The quantitative estimate of drug-likeness (QED) is 0.667. The summed E-state index contributed by atoms with van der Waals surface area (Å²) < 4.78 is 0. The third-order valence-electron chi connectivity index (χ3n) is 8.05. The average molecular weight is 441 g/mol. The molecule has 5 heteroatoms. The lowest BCUT2D eigenvalue weighted by molar-refractivity contribution is -0.140. The molecule has 0 aromatic heterocycles. The highest BCUT2D eigenvalue weighted by molar-refractivity contribution is 6.09. The van der Waals surface area contributed by atoms with Gasteiger partial charge in [-0.2, -0.15) is 5.26 Å². The van der Waals surface area contributed by atoms with E-state index in [2.05, 4.69) is 31.2 Å². The Morgan fingerprint density at radius 2 is 1.82 bits per heavy atom. The Kier molecular flexibility index (Phi) is 4.72. The van der Waals surface area contributed by atoms with Gasteiger partial charge < -0.3 is 5.73 Å². The maximum Gasteiger partial charge on any atom is 0.263 e. The Bertz CT molecular complexity index is 1210. The maximum atomic E-state index is 14.3. The van der Waals surface area contributed by atoms with E-state index in [-0.39, 0.29) is 11.3 Å². The highest BCUT2D eigenvalue weighted by Gasteiger charge is 2.67. The molecule has 2 spiro atoms. The van der Waals surface area contributed by atoms with E-state index in [9.17, 15) is 10.1 Å². The van der Waals surface area contributed by atoms with Crippen molar-refractivity contribution in [3.63, 3.8) is 0 Å². The van der Waals surface area contributed by atoms with E-state index in [0.717, 1.165) is 48.8 Å². The molecule has 0 radical (unpaired) electrons. The Balaban J connectivity index is 1.71. The zero-order chi connectivity index (χ0) is 23.6. The first-order chi connectivity index (χ1) is 15.6. The van der Waals surface area contributed by atoms with Crippen LogP contribution in [0.3, 0.4) is 0 Å². The summed E-state index contributed by atoms with van der Waals surface area (Å²) >= 11 is 0. The van der Waals surface area contributed by atoms with E-state index in [0.29, 0.717) is 17.4 Å². The third kappa shape index (κ3) is 3.04. The van der Waals surface area contributed by atoms with Gasteiger partial charge in [0.1, 0.15) is 0 Å². The second-order valence-electron chi connectivity index (χ2n) is 11.2. The predicted octanol–water partition coefficient (Wildman–Crippen LogP) is 5.13. The third-order valence-corrected chi connectivity index (χ3v) is 8.05. The van der Waals surface area contributed by atoms with E-state index in [1.807, 2.05) is 45.0 Å². The van der Waals surface area contributed by atoms with E-state index >= 15 is 0 Å². The lowest BCUT2D eigenvalue weighted by Gasteiger charge is -2.46. The molecular formula is C28H32N4O. The predicted molar refractivity (Wildman–Crippen MR) is 130 cm³/mol. The number of carbonyl (C=O) groups excluding carboxylic acids is 1. The molecule has 1 atom stereocenters. The van der Waals surface area contributed by atoms with Crippen molar-refractivity contribution in [1.82, 2.24) is 4.90 Å². The molecule has 1 heterocycles. The number of fused-ring (bicyclic) bond motifs is 3. The number of amides is 1. The van der Waals surface area contributed by atoms with Crippen molar-refractivity contribution in [2.75, 3.05) is 0 Å². The van der Waals surface area contributed by atoms with E-state index in [1.165, 1.54) is 5.56 Å². The molecule has 1 aliphatic heterocycles. The minimum absolute atomic E-state index is 0.0173. The second-order valence-corrected chi connectivity index (χ2v) is 11.2. The lowest BCUT2D eigenvalue weighted by Crippen LogP contribution is -2.56. The van der Waals surface area contributed by atoms with Crippen LogP contribution < -0.4 is 5.73 Å². The normalized spacial score (nSPS) is 28.8. The minimum atomic E-state index is -0.970. The van der Waals surface area contributed by atoms with Crippen molar-refractivity contribution < 1.29 is 4.79 Å². The van der Waals surface area contributed by atoms with Gasteiger partial charge in [0.2, 0.25) is 0 Å². The minimum Gasteiger partial charge on any atom is -0.369 e. The van der Waals surface area contributed by atoms with Crippen molar-refractivity contribution in [2.24, 2.45) is 22.1 Å². The fraction of sp³-hybridized carbons (Fsp3) is 0.464. The van der Waals surface area contributed by atoms with Gasteiger partial charge >= 0.3 is 0 Å². The monoisotopic (exact) mass is 440 g/mol. The molecule has 1 saturated carbocycles. The molecular weight excluding hydrogens is 408 g/mol. The van der Waals surface area contributed by atoms with Crippen molar-refractivity contribution in [2.45, 2.75) is 70.9 Å². The van der Waals surface area contributed by atoms with Gasteiger partial charge in [0.05, 0.1) is 11.6 Å². The number of guanidine groups is 1. The first-order valence-corrected chi connectivity index (χ1v) is 12.0. The largest absolute Gasteiger partial charge is 0.369 e. The molecule has 5 nitrogen and oxygen atoms in total. The summed E-state index contributed by atoms with van der Waals surface area (Å²) in [5.41, 5.74) is 9.63. The highest BCUT2D eigenvalue weighted by atomic mass is 16.2. The number of rotatable bonds is 1. The summed E-state index contributed by atoms with van der Waals surface area (Å²) in [6.45, 7) is 8.35. The van der Waals surface area contributed by atoms with Crippen LogP contribution in [0.2, 0.25) is 0 Å². The fourth-order valence-electron chi connectivity index (χ4n) is 6.35. The molecule has 5 rings (SSSR count). The van der Waals surface area contributed by atoms with Gasteiger partial charge in [0.15, 0.2) is 11.5 Å². The molecule has 1 fully saturated rings. The van der Waals surface area contributed by atoms with E-state index in [4.69, 9.17) is 10.7 Å². The molecule has 2 aromatic carbocycles. The molecule has 1 unspecified atom stereocenters. The SMILES string of the molecule is CC1CCC2(CC1)Cc1ccc(-c3cccc(C#N)c3)cc1C21N=C(N)N(C(C)(C)C)C1=O. The number of nitriles is 1. The van der Waals surface area contributed by atoms with Crippen LogP contribution in [0.1, 0.15) is 70.1 Å². The number of benzene rings is 2. The van der Waals surface area contributed by atoms with Crippen molar-refractivity contribution in [3.8, 4) is 17.2 Å². The number of nitrogens with zero attached hydrogens (tertiary/aromatic N) is 3. The van der Waals surface area contributed by atoms with Crippen LogP contribution in [0, 0.1) is 22.7 Å². The Morgan fingerprint density at radius 1 is 1.12 bits per heavy atom. The molecule has 2 aromatic rings. The van der Waals surface area contributed by atoms with E-state index in [1.54, 1.807) is 4.90 Å². The Labute approximate surface area is 196 Å². The van der Waals surface area contributed by atoms with Gasteiger partial charge in [-0.15, -0.1) is 0 Å². The fourth-order valence-corrected chi connectivity index (χ4v) is 6.35. The standard InChI is InChI=1S/C28H32N4O/c1-18-10-12-27(13-11-18)16-22-9-8-21(20-7-5-6-19(14-20)17-29)15-23(22)28(27)24(33)32(25(30)31-28)26(2,3)4/h5-9,14-15,18H,10-13,16H2,1-4H3,(H2,30,31). The van der Waals surface area contributed by atoms with Crippen LogP contribution in [-0.2, 0) is 16.8 Å². The highest BCUT2D eigenvalue weighted by Crippen LogP contribution is 2.63. The summed E-state index contributed by atoms with van der Waals surface area (Å²) in [7, 11) is 0. The van der Waals surface area contributed by atoms with Crippen LogP contribution in [0.5, 0.6) is 0 Å². The molecule has 0 saturated heterocycles. The van der Waals surface area contributed by atoms with Gasteiger partial charge in [-0.3, -0.25) is 9.69 Å². The van der Waals surface area contributed by atoms with Crippen LogP contribution in [0.4, 0.5) is 0 Å². The number of carbonyl (C=O) groups is 1. The van der Waals surface area contributed by atoms with Crippen molar-refractivity contribution in [3.05, 3.63) is 59.2 Å². The molecule has 2 N–H and O–H groups in total. The zero-order valence-corrected chi connectivity index (χ0v) is 20.0. The topological polar surface area (TPSA) is 82.5 Å². The molecule has 3 aliphatic rings. The summed E-state index contributed by atoms with van der Waals surface area (Å²) in [5.74, 6) is 1.01. The second kappa shape index (κ2) is 7.18. The van der Waals surface area contributed by atoms with Gasteiger partial charge in [-0.1, -0.05) is 44.0 Å². The number of nitrogens with two attached hydrogens (primary N) is 1. The van der Waals surface area contributed by atoms with Crippen LogP contribution >= 0.6 is 0 Å². The van der Waals surface area contributed by atoms with Gasteiger partial charge in [-0.25, -0.2) is 4.99 Å². The first kappa shape index (κ1) is 21.7. The van der Waals surface area contributed by atoms with Gasteiger partial charge in [0, 0.05) is 11.0 Å². The first-order valence-electron chi connectivity index (χ1n) is 12.0. The average Bonchev–Trinajstić information content (AvgIpc) is 3.21. The van der Waals surface area contributed by atoms with Gasteiger partial charge in [-0.05, 0) is 86.4 Å². The number of hydrogen-bond donors (Lipinski definition) is 1. The van der Waals surface area contributed by atoms with Crippen molar-refractivity contribution >= 4 is 11.9 Å². The zero-order valence-electron chi connectivity index (χ0n) is 20.0. The molecule has 0 bridgehead atoms. The Hall–Kier alpha value is -3.13. The van der Waals surface area contributed by atoms with Crippen molar-refractivity contribution in [1.29, 1.82) is 5.26 Å². The smallest absolute Gasteiger partial charge is 0.263 e. The number of aliphatic imine (C=N–C) groups is 1. The maximum absolute atomic E-state index is 14.3. The molecule has 33 heavy (non-hydrogen) atoms. The van der Waals surface area contributed by atoms with Gasteiger partial charge in [0.25, 0.3) is 5.91 Å². The summed E-state index contributed by atoms with van der Waals surface area (Å²) in [6, 6.07) is 16.3. The van der Waals surface area contributed by atoms with Crippen LogP contribution in [-0.4, -0.2) is 22.3 Å². The van der Waals surface area contributed by atoms with Crippen LogP contribution in [0.25, 0.3) is 11.1 Å². The molecule has 2 aliphatic carbocycles. The van der Waals surface area contributed by atoms with Crippen LogP contribution in [0.15, 0.2) is 47.5 Å². The Morgan fingerprint density at radius 3 is 2.45 bits per heavy atom. The summed E-state index contributed by atoms with van der Waals surface area (Å²) in [6.07, 6.45) is 5.01. The number of hydrogen-bond acceptors (Lipinski definition) is 4. The molecule has 170 valence electrons.